The van der Waals surface area contributed by atoms with Crippen LogP contribution in [-0.2, 0) is 0 Å². The van der Waals surface area contributed by atoms with Gasteiger partial charge >= 0.3 is 0 Å². The van der Waals surface area contributed by atoms with Crippen molar-refractivity contribution in [2.24, 2.45) is 0 Å². The lowest BCUT2D eigenvalue weighted by molar-refractivity contribution is 0.269. The van der Waals surface area contributed by atoms with Gasteiger partial charge in [0.15, 0.2) is 0 Å². The van der Waals surface area contributed by atoms with Crippen LogP contribution in [0.3, 0.4) is 0 Å². The Hall–Kier alpha value is -5.15. The zero-order valence-electron chi connectivity index (χ0n) is 21.8. The predicted octanol–water partition coefficient (Wildman–Crippen LogP) is 9.00. The molecule has 2 atom stereocenters. The molecular weight excluding hydrogens is 488 g/mol. The number of fused-ring (bicyclic) bond motifs is 4. The van der Waals surface area contributed by atoms with Crippen molar-refractivity contribution in [1.82, 2.24) is 9.55 Å². The van der Waals surface area contributed by atoms with Crippen LogP contribution < -0.4 is 4.74 Å². The Balaban J connectivity index is 1.40. The zero-order chi connectivity index (χ0) is 26.5. The maximum Gasteiger partial charge on any atom is 0.149 e. The van der Waals surface area contributed by atoms with E-state index in [2.05, 4.69) is 150 Å². The summed E-state index contributed by atoms with van der Waals surface area (Å²) in [5, 5.41) is 0. The Morgan fingerprint density at radius 1 is 0.600 bits per heavy atom. The fraction of sp³-hybridized carbons (Fsp3) is 0.0541. The molecule has 5 aromatic carbocycles. The van der Waals surface area contributed by atoms with Crippen molar-refractivity contribution >= 4 is 11.0 Å². The lowest BCUT2D eigenvalue weighted by Gasteiger charge is -2.18. The number of hydrogen-bond donors (Lipinski definition) is 0. The molecule has 3 heteroatoms. The SMILES string of the molecule is C1=CC2Oc3c(-c4nc5ccccc5n4-c4ccc(-c5ccccc5)cc4-c4ccccc4)cccc3C2C=C1. The maximum absolute atomic E-state index is 6.58. The van der Waals surface area contributed by atoms with Crippen molar-refractivity contribution in [3.8, 4) is 45.1 Å². The van der Waals surface area contributed by atoms with Gasteiger partial charge in [-0.05, 0) is 53.1 Å². The highest BCUT2D eigenvalue weighted by Crippen LogP contribution is 2.47. The van der Waals surface area contributed by atoms with Crippen LogP contribution >= 0.6 is 0 Å². The summed E-state index contributed by atoms with van der Waals surface area (Å²) in [6.45, 7) is 0. The lowest BCUT2D eigenvalue weighted by atomic mass is 9.91. The first-order valence-electron chi connectivity index (χ1n) is 13.7. The number of benzene rings is 5. The number of allylic oxidation sites excluding steroid dienone is 2. The minimum atomic E-state index is 0.0176. The van der Waals surface area contributed by atoms with Crippen LogP contribution in [0.2, 0.25) is 0 Å². The fourth-order valence-electron chi connectivity index (χ4n) is 6.08. The van der Waals surface area contributed by atoms with Gasteiger partial charge in [-0.2, -0.15) is 0 Å². The van der Waals surface area contributed by atoms with E-state index in [1.54, 1.807) is 0 Å². The molecule has 1 aliphatic heterocycles. The summed E-state index contributed by atoms with van der Waals surface area (Å²) in [6, 6.07) is 42.8. The van der Waals surface area contributed by atoms with Gasteiger partial charge in [0.2, 0.25) is 0 Å². The molecule has 0 amide bonds. The molecule has 2 heterocycles. The summed E-state index contributed by atoms with van der Waals surface area (Å²) in [4.78, 5) is 5.22. The van der Waals surface area contributed by atoms with E-state index in [0.717, 1.165) is 45.0 Å². The smallest absolute Gasteiger partial charge is 0.149 e. The molecule has 0 bridgehead atoms. The molecule has 0 spiro atoms. The first-order valence-corrected chi connectivity index (χ1v) is 13.7. The number of rotatable bonds is 4. The monoisotopic (exact) mass is 514 g/mol. The van der Waals surface area contributed by atoms with Crippen molar-refractivity contribution < 1.29 is 4.74 Å². The van der Waals surface area contributed by atoms with Gasteiger partial charge in [0.05, 0.1) is 22.3 Å². The van der Waals surface area contributed by atoms with E-state index in [9.17, 15) is 0 Å². The molecule has 40 heavy (non-hydrogen) atoms. The standard InChI is InChI=1S/C37H26N2O/c1-3-12-25(13-4-1)27-22-23-33(31(24-27)26-14-5-2-6-15-26)39-34-20-9-8-19-32(34)38-37(39)30-18-11-17-29-28-16-7-10-21-35(28)40-36(29)30/h1-24,28,35H. The summed E-state index contributed by atoms with van der Waals surface area (Å²) in [6.07, 6.45) is 8.58. The van der Waals surface area contributed by atoms with Gasteiger partial charge in [0.25, 0.3) is 0 Å². The third-order valence-electron chi connectivity index (χ3n) is 7.97. The van der Waals surface area contributed by atoms with Crippen LogP contribution in [0.25, 0.3) is 50.4 Å². The van der Waals surface area contributed by atoms with Gasteiger partial charge in [0, 0.05) is 17.0 Å². The highest BCUT2D eigenvalue weighted by atomic mass is 16.5. The minimum Gasteiger partial charge on any atom is -0.484 e. The van der Waals surface area contributed by atoms with Crippen molar-refractivity contribution in [1.29, 1.82) is 0 Å². The summed E-state index contributed by atoms with van der Waals surface area (Å²) in [7, 11) is 0. The van der Waals surface area contributed by atoms with E-state index in [0.29, 0.717) is 0 Å². The molecule has 6 aromatic rings. The van der Waals surface area contributed by atoms with Gasteiger partial charge in [-0.25, -0.2) is 4.98 Å². The predicted molar refractivity (Wildman–Crippen MR) is 163 cm³/mol. The average molecular weight is 515 g/mol. The largest absolute Gasteiger partial charge is 0.484 e. The first kappa shape index (κ1) is 22.8. The number of para-hydroxylation sites is 3. The molecular formula is C37H26N2O. The lowest BCUT2D eigenvalue weighted by Crippen LogP contribution is -2.15. The quantitative estimate of drug-likeness (QED) is 0.235. The Morgan fingerprint density at radius 2 is 1.35 bits per heavy atom. The highest BCUT2D eigenvalue weighted by Gasteiger charge is 2.35. The van der Waals surface area contributed by atoms with Crippen LogP contribution in [0.15, 0.2) is 146 Å². The number of nitrogens with zero attached hydrogens (tertiary/aromatic N) is 2. The molecule has 190 valence electrons. The van der Waals surface area contributed by atoms with Crippen molar-refractivity contribution in [2.75, 3.05) is 0 Å². The number of hydrogen-bond acceptors (Lipinski definition) is 2. The van der Waals surface area contributed by atoms with Crippen LogP contribution in [0.4, 0.5) is 0 Å². The summed E-state index contributed by atoms with van der Waals surface area (Å²) in [5.74, 6) is 2.03. The number of aromatic nitrogens is 2. The first-order chi connectivity index (χ1) is 19.8. The van der Waals surface area contributed by atoms with Crippen LogP contribution in [0.5, 0.6) is 5.75 Å². The average Bonchev–Trinajstić information content (AvgIpc) is 3.60. The topological polar surface area (TPSA) is 27.1 Å². The molecule has 0 N–H and O–H groups in total. The van der Waals surface area contributed by atoms with Gasteiger partial charge in [-0.15, -0.1) is 0 Å². The van der Waals surface area contributed by atoms with E-state index in [1.807, 2.05) is 0 Å². The Morgan fingerprint density at radius 3 is 2.20 bits per heavy atom. The van der Waals surface area contributed by atoms with E-state index in [1.165, 1.54) is 16.7 Å². The van der Waals surface area contributed by atoms with Crippen molar-refractivity contribution in [3.63, 3.8) is 0 Å². The van der Waals surface area contributed by atoms with Gasteiger partial charge in [-0.3, -0.25) is 4.57 Å². The maximum atomic E-state index is 6.58. The molecule has 0 saturated heterocycles. The fourth-order valence-corrected chi connectivity index (χ4v) is 6.08. The summed E-state index contributed by atoms with van der Waals surface area (Å²) >= 11 is 0. The minimum absolute atomic E-state index is 0.0176. The van der Waals surface area contributed by atoms with E-state index in [-0.39, 0.29) is 12.0 Å². The Bertz CT molecular complexity index is 1930. The molecule has 1 aromatic heterocycles. The van der Waals surface area contributed by atoms with Crippen LogP contribution in [-0.4, -0.2) is 15.7 Å². The molecule has 0 saturated carbocycles. The summed E-state index contributed by atoms with van der Waals surface area (Å²) < 4.78 is 8.89. The second kappa shape index (κ2) is 9.25. The van der Waals surface area contributed by atoms with E-state index >= 15 is 0 Å². The van der Waals surface area contributed by atoms with Gasteiger partial charge in [-0.1, -0.05) is 109 Å². The van der Waals surface area contributed by atoms with Crippen LogP contribution in [0, 0.1) is 0 Å². The molecule has 8 rings (SSSR count). The van der Waals surface area contributed by atoms with Crippen molar-refractivity contribution in [2.45, 2.75) is 12.0 Å². The molecule has 0 fully saturated rings. The zero-order valence-corrected chi connectivity index (χ0v) is 21.8. The van der Waals surface area contributed by atoms with Gasteiger partial charge in [0.1, 0.15) is 17.7 Å². The Kier molecular flexibility index (Phi) is 5.27. The number of ether oxygens (including phenoxy) is 1. The van der Waals surface area contributed by atoms with E-state index in [4.69, 9.17) is 9.72 Å². The molecule has 2 aliphatic rings. The molecule has 2 unspecified atom stereocenters. The highest BCUT2D eigenvalue weighted by molar-refractivity contribution is 5.89. The summed E-state index contributed by atoms with van der Waals surface area (Å²) in [5.41, 5.74) is 10.0. The van der Waals surface area contributed by atoms with Crippen LogP contribution in [0.1, 0.15) is 11.5 Å². The van der Waals surface area contributed by atoms with Gasteiger partial charge < -0.3 is 4.74 Å². The molecule has 0 radical (unpaired) electrons. The third kappa shape index (κ3) is 3.63. The number of imidazole rings is 1. The second-order valence-electron chi connectivity index (χ2n) is 10.3. The third-order valence-corrected chi connectivity index (χ3v) is 7.97. The normalized spacial score (nSPS) is 17.0. The Labute approximate surface area is 233 Å². The molecule has 1 aliphatic carbocycles. The van der Waals surface area contributed by atoms with E-state index < -0.39 is 0 Å². The van der Waals surface area contributed by atoms with Crippen molar-refractivity contribution in [3.05, 3.63) is 151 Å². The molecule has 3 nitrogen and oxygen atoms in total. The second-order valence-corrected chi connectivity index (χ2v) is 10.3.